The molecule has 0 bridgehead atoms. The van der Waals surface area contributed by atoms with Gasteiger partial charge < -0.3 is 4.74 Å². The number of hydrogen-bond donors (Lipinski definition) is 0. The summed E-state index contributed by atoms with van der Waals surface area (Å²) in [5.41, 5.74) is 0.650. The van der Waals surface area contributed by atoms with Crippen LogP contribution >= 0.6 is 11.6 Å². The van der Waals surface area contributed by atoms with Gasteiger partial charge in [-0.1, -0.05) is 23.7 Å². The lowest BCUT2D eigenvalue weighted by Gasteiger charge is -2.09. The standard InChI is InChI=1S/C14H9ClF2O2/c15-11-3-1-9(2-4-11)8-19-14-12(16)5-10(7-18)6-13(14)17/h1-7H,8H2. The fourth-order valence-electron chi connectivity index (χ4n) is 1.52. The van der Waals surface area contributed by atoms with Gasteiger partial charge in [0.05, 0.1) is 0 Å². The van der Waals surface area contributed by atoms with E-state index in [1.165, 1.54) is 0 Å². The molecule has 0 fully saturated rings. The van der Waals surface area contributed by atoms with Crippen molar-refractivity contribution < 1.29 is 18.3 Å². The SMILES string of the molecule is O=Cc1cc(F)c(OCc2ccc(Cl)cc2)c(F)c1. The van der Waals surface area contributed by atoms with Crippen molar-refractivity contribution in [1.29, 1.82) is 0 Å². The zero-order valence-corrected chi connectivity index (χ0v) is 10.5. The van der Waals surface area contributed by atoms with E-state index in [9.17, 15) is 13.6 Å². The normalized spacial score (nSPS) is 10.3. The first-order chi connectivity index (χ1) is 9.10. The molecule has 0 saturated heterocycles. The number of hydrogen-bond acceptors (Lipinski definition) is 2. The second-order valence-corrected chi connectivity index (χ2v) is 4.28. The van der Waals surface area contributed by atoms with Gasteiger partial charge in [0.15, 0.2) is 17.4 Å². The first-order valence-corrected chi connectivity index (χ1v) is 5.79. The number of carbonyl (C=O) groups excluding carboxylic acids is 1. The average Bonchev–Trinajstić information content (AvgIpc) is 2.39. The van der Waals surface area contributed by atoms with Gasteiger partial charge in [-0.15, -0.1) is 0 Å². The lowest BCUT2D eigenvalue weighted by molar-refractivity contribution is 0.112. The van der Waals surface area contributed by atoms with Crippen LogP contribution < -0.4 is 4.74 Å². The molecule has 19 heavy (non-hydrogen) atoms. The van der Waals surface area contributed by atoms with Gasteiger partial charge in [0, 0.05) is 10.6 Å². The van der Waals surface area contributed by atoms with E-state index in [2.05, 4.69) is 0 Å². The molecule has 0 radical (unpaired) electrons. The quantitative estimate of drug-likeness (QED) is 0.792. The van der Waals surface area contributed by atoms with Crippen LogP contribution in [0.25, 0.3) is 0 Å². The maximum atomic E-state index is 13.5. The molecule has 0 atom stereocenters. The van der Waals surface area contributed by atoms with Crippen LogP contribution in [0, 0.1) is 11.6 Å². The molecule has 2 aromatic carbocycles. The Labute approximate surface area is 113 Å². The number of benzene rings is 2. The van der Waals surface area contributed by atoms with Crippen molar-refractivity contribution in [2.45, 2.75) is 6.61 Å². The zero-order valence-electron chi connectivity index (χ0n) is 9.70. The fourth-order valence-corrected chi connectivity index (χ4v) is 1.65. The van der Waals surface area contributed by atoms with Gasteiger partial charge in [-0.3, -0.25) is 4.79 Å². The monoisotopic (exact) mass is 282 g/mol. The molecule has 5 heteroatoms. The Balaban J connectivity index is 2.15. The highest BCUT2D eigenvalue weighted by Crippen LogP contribution is 2.24. The third-order valence-corrected chi connectivity index (χ3v) is 2.71. The first-order valence-electron chi connectivity index (χ1n) is 5.41. The van der Waals surface area contributed by atoms with E-state index in [1.807, 2.05) is 0 Å². The topological polar surface area (TPSA) is 26.3 Å². The molecule has 0 heterocycles. The molecule has 0 aliphatic rings. The Bertz CT molecular complexity index is 574. The second-order valence-electron chi connectivity index (χ2n) is 3.85. The minimum atomic E-state index is -0.906. The van der Waals surface area contributed by atoms with E-state index < -0.39 is 17.4 Å². The van der Waals surface area contributed by atoms with Crippen molar-refractivity contribution in [2.75, 3.05) is 0 Å². The Kier molecular flexibility index (Phi) is 4.12. The Hall–Kier alpha value is -1.94. The van der Waals surface area contributed by atoms with Crippen molar-refractivity contribution in [3.8, 4) is 5.75 Å². The van der Waals surface area contributed by atoms with Crippen molar-refractivity contribution >= 4 is 17.9 Å². The predicted molar refractivity (Wildman–Crippen MR) is 67.5 cm³/mol. The number of rotatable bonds is 4. The largest absolute Gasteiger partial charge is 0.483 e. The second kappa shape index (κ2) is 5.80. The third-order valence-electron chi connectivity index (χ3n) is 2.45. The van der Waals surface area contributed by atoms with Crippen LogP contribution in [0.4, 0.5) is 8.78 Å². The molecule has 0 saturated carbocycles. The fraction of sp³-hybridized carbons (Fsp3) is 0.0714. The lowest BCUT2D eigenvalue weighted by atomic mass is 10.2. The highest BCUT2D eigenvalue weighted by Gasteiger charge is 2.12. The molecule has 2 aromatic rings. The van der Waals surface area contributed by atoms with Crippen LogP contribution in [0.2, 0.25) is 5.02 Å². The van der Waals surface area contributed by atoms with Crippen LogP contribution in [-0.2, 0) is 6.61 Å². The summed E-state index contributed by atoms with van der Waals surface area (Å²) >= 11 is 5.72. The van der Waals surface area contributed by atoms with E-state index in [4.69, 9.17) is 16.3 Å². The van der Waals surface area contributed by atoms with Gasteiger partial charge in [-0.25, -0.2) is 8.78 Å². The maximum absolute atomic E-state index is 13.5. The molecule has 2 rings (SSSR count). The van der Waals surface area contributed by atoms with Gasteiger partial charge in [-0.2, -0.15) is 0 Å². The number of halogens is 3. The molecule has 0 aromatic heterocycles. The summed E-state index contributed by atoms with van der Waals surface area (Å²) in [6.45, 7) is 0.00540. The van der Waals surface area contributed by atoms with E-state index >= 15 is 0 Å². The Morgan fingerprint density at radius 1 is 1.11 bits per heavy atom. The van der Waals surface area contributed by atoms with Crippen LogP contribution in [0.1, 0.15) is 15.9 Å². The summed E-state index contributed by atoms with van der Waals surface area (Å²) in [5.74, 6) is -2.31. The molecule has 0 unspecified atom stereocenters. The minimum absolute atomic E-state index is 0.00540. The van der Waals surface area contributed by atoms with Gasteiger partial charge >= 0.3 is 0 Å². The van der Waals surface area contributed by atoms with Crippen LogP contribution in [0.15, 0.2) is 36.4 Å². The lowest BCUT2D eigenvalue weighted by Crippen LogP contribution is -2.01. The molecule has 98 valence electrons. The molecule has 0 spiro atoms. The summed E-state index contributed by atoms with van der Waals surface area (Å²) in [7, 11) is 0. The third kappa shape index (κ3) is 3.29. The smallest absolute Gasteiger partial charge is 0.191 e. The van der Waals surface area contributed by atoms with Gasteiger partial charge in [0.1, 0.15) is 12.9 Å². The summed E-state index contributed by atoms with van der Waals surface area (Å²) in [6.07, 6.45) is 0.370. The Morgan fingerprint density at radius 2 is 1.68 bits per heavy atom. The van der Waals surface area contributed by atoms with E-state index in [0.717, 1.165) is 17.7 Å². The zero-order chi connectivity index (χ0) is 13.8. The maximum Gasteiger partial charge on any atom is 0.191 e. The van der Waals surface area contributed by atoms with Crippen molar-refractivity contribution in [3.05, 3.63) is 64.2 Å². The van der Waals surface area contributed by atoms with Crippen molar-refractivity contribution in [3.63, 3.8) is 0 Å². The minimum Gasteiger partial charge on any atom is -0.483 e. The summed E-state index contributed by atoms with van der Waals surface area (Å²) in [5, 5.41) is 0.566. The van der Waals surface area contributed by atoms with Crippen LogP contribution in [0.5, 0.6) is 5.75 Å². The van der Waals surface area contributed by atoms with Crippen molar-refractivity contribution in [1.82, 2.24) is 0 Å². The number of carbonyl (C=O) groups is 1. The highest BCUT2D eigenvalue weighted by atomic mass is 35.5. The van der Waals surface area contributed by atoms with Crippen LogP contribution in [-0.4, -0.2) is 6.29 Å². The van der Waals surface area contributed by atoms with Crippen LogP contribution in [0.3, 0.4) is 0 Å². The summed E-state index contributed by atoms with van der Waals surface area (Å²) < 4.78 is 32.1. The summed E-state index contributed by atoms with van der Waals surface area (Å²) in [6, 6.07) is 8.54. The van der Waals surface area contributed by atoms with E-state index in [1.54, 1.807) is 24.3 Å². The summed E-state index contributed by atoms with van der Waals surface area (Å²) in [4.78, 5) is 10.4. The molecule has 0 aliphatic heterocycles. The first kappa shape index (κ1) is 13.5. The van der Waals surface area contributed by atoms with E-state index in [-0.39, 0.29) is 12.2 Å². The van der Waals surface area contributed by atoms with E-state index in [0.29, 0.717) is 11.3 Å². The number of aldehydes is 1. The predicted octanol–water partition coefficient (Wildman–Crippen LogP) is 4.01. The highest BCUT2D eigenvalue weighted by molar-refractivity contribution is 6.30. The molecular formula is C14H9ClF2O2. The van der Waals surface area contributed by atoms with Gasteiger partial charge in [-0.05, 0) is 29.8 Å². The van der Waals surface area contributed by atoms with Gasteiger partial charge in [0.2, 0.25) is 0 Å². The van der Waals surface area contributed by atoms with Gasteiger partial charge in [0.25, 0.3) is 0 Å². The molecule has 0 aliphatic carbocycles. The van der Waals surface area contributed by atoms with Crippen molar-refractivity contribution in [2.24, 2.45) is 0 Å². The molecule has 2 nitrogen and oxygen atoms in total. The average molecular weight is 283 g/mol. The Morgan fingerprint density at radius 3 is 2.21 bits per heavy atom. The molecular weight excluding hydrogens is 274 g/mol. The molecule has 0 amide bonds. The number of ether oxygens (including phenoxy) is 1. The molecule has 0 N–H and O–H groups in total.